The van der Waals surface area contributed by atoms with Crippen molar-refractivity contribution in [1.82, 2.24) is 9.78 Å². The number of hydrogen-bond acceptors (Lipinski definition) is 3. The molecule has 0 radical (unpaired) electrons. The molecule has 78 valence electrons. The van der Waals surface area contributed by atoms with Gasteiger partial charge in [-0.25, -0.2) is 0 Å². The van der Waals surface area contributed by atoms with Gasteiger partial charge in [-0.2, -0.15) is 5.10 Å². The number of benzene rings is 1. The molecular formula is C11H13N3O. The van der Waals surface area contributed by atoms with Crippen molar-refractivity contribution < 1.29 is 5.11 Å². The molecule has 1 heterocycles. The van der Waals surface area contributed by atoms with Crippen LogP contribution in [-0.4, -0.2) is 14.9 Å². The normalized spacial score (nSPS) is 10.5. The molecule has 1 aromatic carbocycles. The molecule has 1 aromatic heterocycles. The highest BCUT2D eigenvalue weighted by Gasteiger charge is 2.01. The molecule has 2 aromatic rings. The highest BCUT2D eigenvalue weighted by Crippen LogP contribution is 2.12. The van der Waals surface area contributed by atoms with Crippen molar-refractivity contribution in [3.63, 3.8) is 0 Å². The zero-order chi connectivity index (χ0) is 10.8. The van der Waals surface area contributed by atoms with Crippen LogP contribution in [0.15, 0.2) is 30.3 Å². The summed E-state index contributed by atoms with van der Waals surface area (Å²) in [6.07, 6.45) is 0. The van der Waals surface area contributed by atoms with Gasteiger partial charge in [0, 0.05) is 11.8 Å². The Labute approximate surface area is 88.0 Å². The monoisotopic (exact) mass is 203 g/mol. The molecule has 0 unspecified atom stereocenters. The first-order valence-electron chi connectivity index (χ1n) is 4.73. The number of hydrogen-bond donors (Lipinski definition) is 2. The predicted molar refractivity (Wildman–Crippen MR) is 58.6 cm³/mol. The van der Waals surface area contributed by atoms with Crippen LogP contribution in [0.4, 0.5) is 5.82 Å². The molecule has 0 bridgehead atoms. The van der Waals surface area contributed by atoms with E-state index in [1.165, 1.54) is 0 Å². The van der Waals surface area contributed by atoms with E-state index in [4.69, 9.17) is 10.8 Å². The van der Waals surface area contributed by atoms with E-state index in [0.717, 1.165) is 11.3 Å². The fourth-order valence-corrected chi connectivity index (χ4v) is 1.47. The molecule has 4 nitrogen and oxygen atoms in total. The molecule has 0 spiro atoms. The summed E-state index contributed by atoms with van der Waals surface area (Å²) < 4.78 is 1.84. The fourth-order valence-electron chi connectivity index (χ4n) is 1.47. The van der Waals surface area contributed by atoms with Gasteiger partial charge in [-0.05, 0) is 24.6 Å². The predicted octanol–water partition coefficient (Wildman–Crippen LogP) is 1.53. The molecule has 4 heteroatoms. The lowest BCUT2D eigenvalue weighted by molar-refractivity contribution is 0.475. The van der Waals surface area contributed by atoms with E-state index in [9.17, 15) is 0 Å². The first-order chi connectivity index (χ1) is 7.15. The Morgan fingerprint density at radius 1 is 1.33 bits per heavy atom. The maximum atomic E-state index is 9.14. The maximum Gasteiger partial charge on any atom is 0.145 e. The van der Waals surface area contributed by atoms with Crippen LogP contribution in [0.1, 0.15) is 11.3 Å². The van der Waals surface area contributed by atoms with Crippen LogP contribution in [0.25, 0.3) is 0 Å². The van der Waals surface area contributed by atoms with E-state index in [-0.39, 0.29) is 5.75 Å². The van der Waals surface area contributed by atoms with Gasteiger partial charge in [-0.15, -0.1) is 0 Å². The fraction of sp³-hybridized carbons (Fsp3) is 0.182. The summed E-state index contributed by atoms with van der Waals surface area (Å²) >= 11 is 0. The van der Waals surface area contributed by atoms with E-state index in [1.807, 2.05) is 29.8 Å². The SMILES string of the molecule is Cc1cc(N)nn1Cc1ccc(O)cc1. The lowest BCUT2D eigenvalue weighted by Gasteiger charge is -2.04. The lowest BCUT2D eigenvalue weighted by atomic mass is 10.2. The lowest BCUT2D eigenvalue weighted by Crippen LogP contribution is -2.03. The summed E-state index contributed by atoms with van der Waals surface area (Å²) in [4.78, 5) is 0. The zero-order valence-electron chi connectivity index (χ0n) is 8.51. The smallest absolute Gasteiger partial charge is 0.145 e. The number of aryl methyl sites for hydroxylation is 1. The van der Waals surface area contributed by atoms with Gasteiger partial charge in [-0.3, -0.25) is 4.68 Å². The maximum absolute atomic E-state index is 9.14. The Bertz CT molecular complexity index is 459. The summed E-state index contributed by atoms with van der Waals surface area (Å²) in [5.41, 5.74) is 7.70. The number of aromatic nitrogens is 2. The molecule has 15 heavy (non-hydrogen) atoms. The van der Waals surface area contributed by atoms with Crippen molar-refractivity contribution in [3.05, 3.63) is 41.6 Å². The zero-order valence-corrected chi connectivity index (χ0v) is 8.51. The number of nitrogens with zero attached hydrogens (tertiary/aromatic N) is 2. The number of phenolic OH excluding ortho intramolecular Hbond substituents is 1. The molecule has 2 rings (SSSR count). The summed E-state index contributed by atoms with van der Waals surface area (Å²) in [5, 5.41) is 13.3. The average molecular weight is 203 g/mol. The van der Waals surface area contributed by atoms with E-state index in [2.05, 4.69) is 5.10 Å². The van der Waals surface area contributed by atoms with Crippen LogP contribution >= 0.6 is 0 Å². The van der Waals surface area contributed by atoms with E-state index < -0.39 is 0 Å². The van der Waals surface area contributed by atoms with Gasteiger partial charge >= 0.3 is 0 Å². The van der Waals surface area contributed by atoms with Crippen LogP contribution in [0, 0.1) is 6.92 Å². The number of anilines is 1. The molecule has 3 N–H and O–H groups in total. The minimum absolute atomic E-state index is 0.274. The van der Waals surface area contributed by atoms with Crippen molar-refractivity contribution >= 4 is 5.82 Å². The number of aromatic hydroxyl groups is 1. The highest BCUT2D eigenvalue weighted by atomic mass is 16.3. The quantitative estimate of drug-likeness (QED) is 0.778. The summed E-state index contributed by atoms with van der Waals surface area (Å²) in [6.45, 7) is 2.63. The Morgan fingerprint density at radius 2 is 2.00 bits per heavy atom. The summed E-state index contributed by atoms with van der Waals surface area (Å²) in [5.74, 6) is 0.807. The van der Waals surface area contributed by atoms with Crippen LogP contribution in [0.2, 0.25) is 0 Å². The third kappa shape index (κ3) is 2.10. The van der Waals surface area contributed by atoms with Crippen LogP contribution < -0.4 is 5.73 Å². The van der Waals surface area contributed by atoms with Gasteiger partial charge in [-0.1, -0.05) is 12.1 Å². The Balaban J connectivity index is 2.21. The summed E-state index contributed by atoms with van der Waals surface area (Å²) in [7, 11) is 0. The third-order valence-corrected chi connectivity index (χ3v) is 2.27. The van der Waals surface area contributed by atoms with Crippen LogP contribution in [0.3, 0.4) is 0 Å². The van der Waals surface area contributed by atoms with Crippen molar-refractivity contribution in [2.45, 2.75) is 13.5 Å². The molecule has 0 saturated heterocycles. The number of phenols is 1. The van der Waals surface area contributed by atoms with E-state index in [1.54, 1.807) is 12.1 Å². The van der Waals surface area contributed by atoms with Gasteiger partial charge in [0.25, 0.3) is 0 Å². The minimum Gasteiger partial charge on any atom is -0.508 e. The molecule has 0 saturated carbocycles. The Hall–Kier alpha value is -1.97. The number of nitrogens with two attached hydrogens (primary N) is 1. The Kier molecular flexibility index (Phi) is 2.33. The van der Waals surface area contributed by atoms with Crippen molar-refractivity contribution in [1.29, 1.82) is 0 Å². The van der Waals surface area contributed by atoms with Gasteiger partial charge in [0.05, 0.1) is 6.54 Å². The molecule has 0 aliphatic rings. The van der Waals surface area contributed by atoms with Crippen LogP contribution in [0.5, 0.6) is 5.75 Å². The van der Waals surface area contributed by atoms with Gasteiger partial charge in [0.15, 0.2) is 0 Å². The van der Waals surface area contributed by atoms with Crippen molar-refractivity contribution in [3.8, 4) is 5.75 Å². The molecule has 0 aliphatic heterocycles. The second-order valence-electron chi connectivity index (χ2n) is 3.53. The third-order valence-electron chi connectivity index (χ3n) is 2.27. The summed E-state index contributed by atoms with van der Waals surface area (Å²) in [6, 6.07) is 8.90. The molecule has 0 atom stereocenters. The van der Waals surface area contributed by atoms with Gasteiger partial charge < -0.3 is 10.8 Å². The van der Waals surface area contributed by atoms with Gasteiger partial charge in [0.2, 0.25) is 0 Å². The number of nitrogen functional groups attached to an aromatic ring is 1. The van der Waals surface area contributed by atoms with Crippen molar-refractivity contribution in [2.24, 2.45) is 0 Å². The molecular weight excluding hydrogens is 190 g/mol. The van der Waals surface area contributed by atoms with E-state index in [0.29, 0.717) is 12.4 Å². The second-order valence-corrected chi connectivity index (χ2v) is 3.53. The topological polar surface area (TPSA) is 64.1 Å². The molecule has 0 aliphatic carbocycles. The van der Waals surface area contributed by atoms with Crippen molar-refractivity contribution in [2.75, 3.05) is 5.73 Å². The Morgan fingerprint density at radius 3 is 2.53 bits per heavy atom. The minimum atomic E-state index is 0.274. The first kappa shape index (κ1) is 9.58. The molecule has 0 amide bonds. The molecule has 0 fully saturated rings. The number of rotatable bonds is 2. The van der Waals surface area contributed by atoms with E-state index >= 15 is 0 Å². The van der Waals surface area contributed by atoms with Gasteiger partial charge in [0.1, 0.15) is 11.6 Å². The van der Waals surface area contributed by atoms with Crippen LogP contribution in [-0.2, 0) is 6.54 Å². The average Bonchev–Trinajstić information content (AvgIpc) is 2.49. The standard InChI is InChI=1S/C11H13N3O/c1-8-6-11(12)13-14(8)7-9-2-4-10(15)5-3-9/h2-6,15H,7H2,1H3,(H2,12,13). The first-order valence-corrected chi connectivity index (χ1v) is 4.73. The largest absolute Gasteiger partial charge is 0.508 e. The second kappa shape index (κ2) is 3.65. The highest BCUT2D eigenvalue weighted by molar-refractivity contribution is 5.30.